The van der Waals surface area contributed by atoms with E-state index in [2.05, 4.69) is 20.2 Å². The van der Waals surface area contributed by atoms with Gasteiger partial charge in [-0.3, -0.25) is 4.79 Å². The fourth-order valence-electron chi connectivity index (χ4n) is 4.80. The van der Waals surface area contributed by atoms with Crippen LogP contribution >= 0.6 is 0 Å². The number of ether oxygens (including phenoxy) is 1. The van der Waals surface area contributed by atoms with Crippen molar-refractivity contribution in [3.63, 3.8) is 0 Å². The van der Waals surface area contributed by atoms with Crippen molar-refractivity contribution < 1.29 is 17.9 Å². The smallest absolute Gasteiger partial charge is 0.260 e. The minimum atomic E-state index is -3.50. The van der Waals surface area contributed by atoms with Crippen molar-refractivity contribution in [3.05, 3.63) is 35.9 Å². The van der Waals surface area contributed by atoms with Crippen LogP contribution in [0.5, 0.6) is 0 Å². The molecule has 3 fully saturated rings. The lowest BCUT2D eigenvalue weighted by atomic mass is 9.93. The SMILES string of the molecule is C[C@@H]1CN(c2cccc(NC(=O)c3ccc(S(C)(=O)=O)nc3N3CCC4(CC3)CC4)n2)CCO1. The second kappa shape index (κ2) is 8.81. The molecular weight excluding hydrogens is 454 g/mol. The van der Waals surface area contributed by atoms with Crippen LogP contribution < -0.4 is 15.1 Å². The van der Waals surface area contributed by atoms with E-state index in [1.54, 1.807) is 12.1 Å². The van der Waals surface area contributed by atoms with Gasteiger partial charge in [-0.2, -0.15) is 0 Å². The maximum Gasteiger partial charge on any atom is 0.260 e. The number of carbonyl (C=O) groups excluding carboxylic acids is 1. The van der Waals surface area contributed by atoms with Gasteiger partial charge in [0, 0.05) is 32.4 Å². The lowest BCUT2D eigenvalue weighted by Crippen LogP contribution is -2.41. The molecule has 34 heavy (non-hydrogen) atoms. The van der Waals surface area contributed by atoms with Crippen molar-refractivity contribution in [3.8, 4) is 0 Å². The lowest BCUT2D eigenvalue weighted by molar-refractivity contribution is 0.0529. The number of nitrogens with one attached hydrogen (secondary N) is 1. The zero-order valence-electron chi connectivity index (χ0n) is 19.7. The Morgan fingerprint density at radius 1 is 1.06 bits per heavy atom. The zero-order valence-corrected chi connectivity index (χ0v) is 20.5. The number of piperidine rings is 1. The molecule has 2 aromatic heterocycles. The summed E-state index contributed by atoms with van der Waals surface area (Å²) in [6, 6.07) is 8.50. The first-order chi connectivity index (χ1) is 16.2. The molecule has 1 spiro atoms. The van der Waals surface area contributed by atoms with Gasteiger partial charge in [-0.15, -0.1) is 0 Å². The maximum absolute atomic E-state index is 13.3. The molecule has 5 rings (SSSR count). The molecule has 1 saturated carbocycles. The van der Waals surface area contributed by atoms with E-state index < -0.39 is 9.84 Å². The molecule has 1 amide bonds. The van der Waals surface area contributed by atoms with E-state index in [1.165, 1.54) is 18.9 Å². The van der Waals surface area contributed by atoms with Crippen LogP contribution in [0.1, 0.15) is 43.0 Å². The number of amides is 1. The van der Waals surface area contributed by atoms with Crippen LogP contribution in [-0.2, 0) is 14.6 Å². The average Bonchev–Trinajstić information content (AvgIpc) is 3.57. The summed E-state index contributed by atoms with van der Waals surface area (Å²) in [5.41, 5.74) is 0.806. The fourth-order valence-corrected chi connectivity index (χ4v) is 5.37. The predicted molar refractivity (Wildman–Crippen MR) is 130 cm³/mol. The molecule has 0 unspecified atom stereocenters. The first kappa shape index (κ1) is 23.0. The Hall–Kier alpha value is -2.72. The number of aromatic nitrogens is 2. The third-order valence-corrected chi connectivity index (χ3v) is 8.08. The summed E-state index contributed by atoms with van der Waals surface area (Å²) in [6.45, 7) is 5.68. The van der Waals surface area contributed by atoms with Gasteiger partial charge in [0.1, 0.15) is 17.5 Å². The number of sulfone groups is 1. The van der Waals surface area contributed by atoms with Gasteiger partial charge in [0.2, 0.25) is 0 Å². The van der Waals surface area contributed by atoms with E-state index in [-0.39, 0.29) is 17.0 Å². The predicted octanol–water partition coefficient (Wildman–Crippen LogP) is 2.74. The van der Waals surface area contributed by atoms with Crippen LogP contribution in [0.25, 0.3) is 0 Å². The molecular formula is C24H31N5O4S. The summed E-state index contributed by atoms with van der Waals surface area (Å²) in [7, 11) is -3.50. The van der Waals surface area contributed by atoms with Gasteiger partial charge >= 0.3 is 0 Å². The molecule has 182 valence electrons. The van der Waals surface area contributed by atoms with Crippen molar-refractivity contribution in [2.45, 2.75) is 43.7 Å². The maximum atomic E-state index is 13.3. The van der Waals surface area contributed by atoms with E-state index in [0.717, 1.165) is 51.1 Å². The molecule has 0 aromatic carbocycles. The fraction of sp³-hybridized carbons (Fsp3) is 0.542. The number of anilines is 3. The number of pyridine rings is 2. The zero-order chi connectivity index (χ0) is 23.9. The number of nitrogens with zero attached hydrogens (tertiary/aromatic N) is 4. The minimum Gasteiger partial charge on any atom is -0.375 e. The van der Waals surface area contributed by atoms with E-state index >= 15 is 0 Å². The normalized spacial score (nSPS) is 22.0. The number of hydrogen-bond acceptors (Lipinski definition) is 8. The van der Waals surface area contributed by atoms with E-state index in [4.69, 9.17) is 4.74 Å². The van der Waals surface area contributed by atoms with E-state index in [9.17, 15) is 13.2 Å². The molecule has 0 radical (unpaired) electrons. The summed E-state index contributed by atoms with van der Waals surface area (Å²) in [5, 5.41) is 2.87. The van der Waals surface area contributed by atoms with Gasteiger partial charge in [-0.05, 0) is 62.3 Å². The Labute approximate surface area is 200 Å². The molecule has 4 heterocycles. The molecule has 2 saturated heterocycles. The quantitative estimate of drug-likeness (QED) is 0.689. The highest BCUT2D eigenvalue weighted by atomic mass is 32.2. The minimum absolute atomic E-state index is 0.0210. The Morgan fingerprint density at radius 3 is 2.50 bits per heavy atom. The highest BCUT2D eigenvalue weighted by molar-refractivity contribution is 7.90. The summed E-state index contributed by atoms with van der Waals surface area (Å²) in [4.78, 5) is 26.6. The largest absolute Gasteiger partial charge is 0.375 e. The van der Waals surface area contributed by atoms with Crippen LogP contribution in [0.3, 0.4) is 0 Å². The Balaban J connectivity index is 1.39. The molecule has 2 aromatic rings. The van der Waals surface area contributed by atoms with Gasteiger partial charge in [-0.25, -0.2) is 18.4 Å². The second-order valence-electron chi connectivity index (χ2n) is 9.74. The third-order valence-electron chi connectivity index (χ3n) is 7.10. The van der Waals surface area contributed by atoms with Crippen LogP contribution in [0.15, 0.2) is 35.4 Å². The van der Waals surface area contributed by atoms with Crippen molar-refractivity contribution in [2.75, 3.05) is 54.2 Å². The number of morpholine rings is 1. The van der Waals surface area contributed by atoms with Gasteiger partial charge in [0.15, 0.2) is 14.9 Å². The number of rotatable bonds is 5. The van der Waals surface area contributed by atoms with Gasteiger partial charge < -0.3 is 19.9 Å². The highest BCUT2D eigenvalue weighted by Gasteiger charge is 2.45. The van der Waals surface area contributed by atoms with Crippen LogP contribution in [0.2, 0.25) is 0 Å². The van der Waals surface area contributed by atoms with E-state index in [0.29, 0.717) is 29.2 Å². The van der Waals surface area contributed by atoms with Crippen LogP contribution in [-0.4, -0.2) is 69.4 Å². The lowest BCUT2D eigenvalue weighted by Gasteiger charge is -2.34. The van der Waals surface area contributed by atoms with Crippen molar-refractivity contribution in [1.82, 2.24) is 9.97 Å². The summed E-state index contributed by atoms with van der Waals surface area (Å²) >= 11 is 0. The molecule has 0 bridgehead atoms. The Bertz CT molecular complexity index is 1190. The molecule has 1 N–H and O–H groups in total. The van der Waals surface area contributed by atoms with Crippen LogP contribution in [0, 0.1) is 5.41 Å². The Morgan fingerprint density at radius 2 is 1.82 bits per heavy atom. The first-order valence-electron chi connectivity index (χ1n) is 11.8. The summed E-state index contributed by atoms with van der Waals surface area (Å²) < 4.78 is 29.9. The molecule has 3 aliphatic rings. The molecule has 1 atom stereocenters. The monoisotopic (exact) mass is 485 g/mol. The standard InChI is InChI=1S/C24H31N5O4S/c1-17-16-29(14-15-33-17)20-5-3-4-19(25-20)26-23(30)18-6-7-21(34(2,31)32)27-22(18)28-12-10-24(8-9-24)11-13-28/h3-7,17H,8-16H2,1-2H3,(H,25,26,30)/t17-/m1/s1. The summed E-state index contributed by atoms with van der Waals surface area (Å²) in [6.07, 6.45) is 5.86. The topological polar surface area (TPSA) is 105 Å². The third kappa shape index (κ3) is 4.88. The van der Waals surface area contributed by atoms with E-state index in [1.807, 2.05) is 24.0 Å². The van der Waals surface area contributed by atoms with Crippen LogP contribution in [0.4, 0.5) is 17.5 Å². The summed E-state index contributed by atoms with van der Waals surface area (Å²) in [5.74, 6) is 1.29. The highest BCUT2D eigenvalue weighted by Crippen LogP contribution is 2.54. The molecule has 9 nitrogen and oxygen atoms in total. The van der Waals surface area contributed by atoms with Crippen molar-refractivity contribution >= 4 is 33.2 Å². The number of hydrogen-bond donors (Lipinski definition) is 1. The van der Waals surface area contributed by atoms with Crippen molar-refractivity contribution in [2.24, 2.45) is 5.41 Å². The molecule has 1 aliphatic carbocycles. The van der Waals surface area contributed by atoms with Gasteiger partial charge in [0.05, 0.1) is 18.3 Å². The first-order valence-corrected chi connectivity index (χ1v) is 13.7. The van der Waals surface area contributed by atoms with Crippen molar-refractivity contribution in [1.29, 1.82) is 0 Å². The van der Waals surface area contributed by atoms with Gasteiger partial charge in [-0.1, -0.05) is 6.07 Å². The Kier molecular flexibility index (Phi) is 5.97. The molecule has 10 heteroatoms. The number of carbonyl (C=O) groups is 1. The van der Waals surface area contributed by atoms with Gasteiger partial charge in [0.25, 0.3) is 5.91 Å². The second-order valence-corrected chi connectivity index (χ2v) is 11.7. The molecule has 2 aliphatic heterocycles. The average molecular weight is 486 g/mol.